The van der Waals surface area contributed by atoms with Gasteiger partial charge in [-0.1, -0.05) is 6.07 Å². The van der Waals surface area contributed by atoms with Crippen LogP contribution in [0.2, 0.25) is 0 Å². The lowest BCUT2D eigenvalue weighted by atomic mass is 10.2. The van der Waals surface area contributed by atoms with Crippen LogP contribution in [-0.4, -0.2) is 47.0 Å². The Hall–Kier alpha value is -2.86. The summed E-state index contributed by atoms with van der Waals surface area (Å²) in [6.45, 7) is 4.04. The van der Waals surface area contributed by atoms with E-state index >= 15 is 0 Å². The zero-order valence-electron chi connectivity index (χ0n) is 14.6. The van der Waals surface area contributed by atoms with E-state index in [1.54, 1.807) is 12.1 Å². The number of nitrogens with one attached hydrogen (secondary N) is 1. The molecule has 2 heterocycles. The first kappa shape index (κ1) is 16.6. The van der Waals surface area contributed by atoms with Gasteiger partial charge < -0.3 is 15.5 Å². The van der Waals surface area contributed by atoms with Crippen molar-refractivity contribution in [1.29, 1.82) is 0 Å². The Morgan fingerprint density at radius 3 is 2.65 bits per heavy atom. The molecule has 1 aliphatic heterocycles. The smallest absolute Gasteiger partial charge is 0.250 e. The van der Waals surface area contributed by atoms with Crippen LogP contribution >= 0.6 is 0 Å². The van der Waals surface area contributed by atoms with Gasteiger partial charge in [0, 0.05) is 12.1 Å². The summed E-state index contributed by atoms with van der Waals surface area (Å²) in [5.41, 5.74) is 8.18. The van der Waals surface area contributed by atoms with E-state index in [-0.39, 0.29) is 0 Å². The van der Waals surface area contributed by atoms with Crippen LogP contribution < -0.4 is 10.5 Å². The number of hydrogen-bond acceptors (Lipinski definition) is 4. The molecule has 6 nitrogen and oxygen atoms in total. The summed E-state index contributed by atoms with van der Waals surface area (Å²) in [6.07, 6.45) is 2.59. The first-order chi connectivity index (χ1) is 12.7. The Kier molecular flexibility index (Phi) is 4.58. The number of amides is 1. The Morgan fingerprint density at radius 2 is 1.92 bits per heavy atom. The highest BCUT2D eigenvalue weighted by atomic mass is 16.5. The van der Waals surface area contributed by atoms with Crippen LogP contribution in [0.4, 0.5) is 0 Å². The molecule has 0 aliphatic carbocycles. The van der Waals surface area contributed by atoms with E-state index in [1.165, 1.54) is 25.9 Å². The number of aromatic nitrogens is 2. The molecule has 1 fully saturated rings. The quantitative estimate of drug-likeness (QED) is 0.716. The molecule has 3 aromatic rings. The standard InChI is InChI=1S/C20H22N4O2/c21-19(25)16-4-3-5-17-18(16)23-20(22-17)14-6-8-15(9-7-14)26-13-12-24-10-1-2-11-24/h3-9H,1-2,10-13H2,(H2,21,25)(H,22,23). The number of carbonyl (C=O) groups is 1. The minimum Gasteiger partial charge on any atom is -0.492 e. The number of nitrogens with two attached hydrogens (primary N) is 1. The van der Waals surface area contributed by atoms with E-state index in [2.05, 4.69) is 14.9 Å². The molecule has 0 atom stereocenters. The highest BCUT2D eigenvalue weighted by Gasteiger charge is 2.13. The zero-order chi connectivity index (χ0) is 17.9. The second-order valence-electron chi connectivity index (χ2n) is 6.57. The number of primary amides is 1. The van der Waals surface area contributed by atoms with Gasteiger partial charge in [-0.25, -0.2) is 4.98 Å². The number of benzene rings is 2. The van der Waals surface area contributed by atoms with Crippen LogP contribution in [0.15, 0.2) is 42.5 Å². The maximum atomic E-state index is 11.5. The molecule has 1 amide bonds. The number of nitrogens with zero attached hydrogens (tertiary/aromatic N) is 2. The van der Waals surface area contributed by atoms with Crippen LogP contribution in [0.3, 0.4) is 0 Å². The number of para-hydroxylation sites is 1. The highest BCUT2D eigenvalue weighted by Crippen LogP contribution is 2.24. The van der Waals surface area contributed by atoms with Gasteiger partial charge in [-0.2, -0.15) is 0 Å². The molecule has 2 aromatic carbocycles. The number of ether oxygens (including phenoxy) is 1. The third kappa shape index (κ3) is 3.41. The lowest BCUT2D eigenvalue weighted by molar-refractivity contribution is 0.100. The van der Waals surface area contributed by atoms with Crippen molar-refractivity contribution in [2.45, 2.75) is 12.8 Å². The molecule has 1 aromatic heterocycles. The maximum absolute atomic E-state index is 11.5. The first-order valence-electron chi connectivity index (χ1n) is 8.95. The maximum Gasteiger partial charge on any atom is 0.250 e. The minimum absolute atomic E-state index is 0.423. The van der Waals surface area contributed by atoms with Crippen molar-refractivity contribution in [2.75, 3.05) is 26.2 Å². The number of fused-ring (bicyclic) bond motifs is 1. The summed E-state index contributed by atoms with van der Waals surface area (Å²) in [7, 11) is 0. The lowest BCUT2D eigenvalue weighted by Gasteiger charge is -2.14. The van der Waals surface area contributed by atoms with Crippen LogP contribution in [-0.2, 0) is 0 Å². The fourth-order valence-electron chi connectivity index (χ4n) is 3.38. The Morgan fingerprint density at radius 1 is 1.15 bits per heavy atom. The third-order valence-corrected chi connectivity index (χ3v) is 4.78. The van der Waals surface area contributed by atoms with E-state index in [0.717, 1.165) is 23.4 Å². The molecule has 6 heteroatoms. The number of aromatic amines is 1. The predicted octanol–water partition coefficient (Wildman–Crippen LogP) is 2.80. The lowest BCUT2D eigenvalue weighted by Crippen LogP contribution is -2.25. The van der Waals surface area contributed by atoms with Gasteiger partial charge >= 0.3 is 0 Å². The molecule has 0 saturated carbocycles. The number of hydrogen-bond donors (Lipinski definition) is 2. The molecule has 26 heavy (non-hydrogen) atoms. The molecule has 0 spiro atoms. The molecule has 1 saturated heterocycles. The van der Waals surface area contributed by atoms with Gasteiger partial charge in [0.05, 0.1) is 11.1 Å². The van der Waals surface area contributed by atoms with Crippen LogP contribution in [0.1, 0.15) is 23.2 Å². The van der Waals surface area contributed by atoms with Gasteiger partial charge in [0.15, 0.2) is 0 Å². The number of rotatable bonds is 6. The molecule has 0 unspecified atom stereocenters. The normalized spacial score (nSPS) is 14.8. The molecule has 134 valence electrons. The van der Waals surface area contributed by atoms with Crippen LogP contribution in [0.5, 0.6) is 5.75 Å². The third-order valence-electron chi connectivity index (χ3n) is 4.78. The van der Waals surface area contributed by atoms with Crippen LogP contribution in [0, 0.1) is 0 Å². The van der Waals surface area contributed by atoms with Crippen molar-refractivity contribution < 1.29 is 9.53 Å². The molecule has 3 N–H and O–H groups in total. The van der Waals surface area contributed by atoms with E-state index < -0.39 is 5.91 Å². The van der Waals surface area contributed by atoms with Gasteiger partial charge in [0.1, 0.15) is 23.7 Å². The zero-order valence-corrected chi connectivity index (χ0v) is 14.6. The van der Waals surface area contributed by atoms with Gasteiger partial charge in [-0.05, 0) is 62.3 Å². The molecular weight excluding hydrogens is 328 g/mol. The number of carbonyl (C=O) groups excluding carboxylic acids is 1. The minimum atomic E-state index is -0.476. The average molecular weight is 350 g/mol. The van der Waals surface area contributed by atoms with Crippen molar-refractivity contribution in [3.8, 4) is 17.1 Å². The van der Waals surface area contributed by atoms with E-state index in [1.807, 2.05) is 30.3 Å². The molecular formula is C20H22N4O2. The van der Waals surface area contributed by atoms with Crippen molar-refractivity contribution in [3.63, 3.8) is 0 Å². The Balaban J connectivity index is 1.47. The van der Waals surface area contributed by atoms with Gasteiger partial charge in [-0.15, -0.1) is 0 Å². The summed E-state index contributed by atoms with van der Waals surface area (Å²) >= 11 is 0. The van der Waals surface area contributed by atoms with Crippen molar-refractivity contribution in [3.05, 3.63) is 48.0 Å². The summed E-state index contributed by atoms with van der Waals surface area (Å²) in [6, 6.07) is 13.2. The van der Waals surface area contributed by atoms with Gasteiger partial charge in [0.2, 0.25) is 0 Å². The molecule has 0 bridgehead atoms. The summed E-state index contributed by atoms with van der Waals surface area (Å²) < 4.78 is 5.83. The van der Waals surface area contributed by atoms with Crippen molar-refractivity contribution in [1.82, 2.24) is 14.9 Å². The fraction of sp³-hybridized carbons (Fsp3) is 0.300. The topological polar surface area (TPSA) is 84.2 Å². The predicted molar refractivity (Wildman–Crippen MR) is 101 cm³/mol. The fourth-order valence-corrected chi connectivity index (χ4v) is 3.38. The molecule has 4 rings (SSSR count). The second kappa shape index (κ2) is 7.17. The average Bonchev–Trinajstić information content (AvgIpc) is 3.31. The summed E-state index contributed by atoms with van der Waals surface area (Å²) in [5.74, 6) is 1.08. The highest BCUT2D eigenvalue weighted by molar-refractivity contribution is 6.04. The molecule has 0 radical (unpaired) electrons. The van der Waals surface area contributed by atoms with E-state index in [9.17, 15) is 4.79 Å². The Bertz CT molecular complexity index is 911. The first-order valence-corrected chi connectivity index (χ1v) is 8.95. The van der Waals surface area contributed by atoms with Crippen molar-refractivity contribution >= 4 is 16.9 Å². The number of H-pyrrole nitrogens is 1. The number of likely N-dealkylation sites (tertiary alicyclic amines) is 1. The van der Waals surface area contributed by atoms with Crippen LogP contribution in [0.25, 0.3) is 22.4 Å². The molecule has 1 aliphatic rings. The second-order valence-corrected chi connectivity index (χ2v) is 6.57. The largest absolute Gasteiger partial charge is 0.492 e. The summed E-state index contributed by atoms with van der Waals surface area (Å²) in [4.78, 5) is 21.8. The SMILES string of the molecule is NC(=O)c1cccc2[nH]c(-c3ccc(OCCN4CCCC4)cc3)nc12. The van der Waals surface area contributed by atoms with E-state index in [0.29, 0.717) is 23.5 Å². The number of imidazole rings is 1. The summed E-state index contributed by atoms with van der Waals surface area (Å²) in [5, 5.41) is 0. The van der Waals surface area contributed by atoms with E-state index in [4.69, 9.17) is 10.5 Å². The van der Waals surface area contributed by atoms with Gasteiger partial charge in [0.25, 0.3) is 5.91 Å². The van der Waals surface area contributed by atoms with Gasteiger partial charge in [-0.3, -0.25) is 9.69 Å². The Labute approximate surface area is 152 Å². The monoisotopic (exact) mass is 350 g/mol. The van der Waals surface area contributed by atoms with Crippen molar-refractivity contribution in [2.24, 2.45) is 5.73 Å².